The summed E-state index contributed by atoms with van der Waals surface area (Å²) < 4.78 is 5.15. The fourth-order valence-corrected chi connectivity index (χ4v) is 3.63. The molecule has 1 aliphatic rings. The lowest BCUT2D eigenvalue weighted by Gasteiger charge is -2.23. The van der Waals surface area contributed by atoms with E-state index in [0.717, 1.165) is 23.6 Å². The van der Waals surface area contributed by atoms with Crippen LogP contribution in [-0.2, 0) is 20.7 Å². The average Bonchev–Trinajstić information content (AvgIpc) is 2.60. The van der Waals surface area contributed by atoms with Gasteiger partial charge in [0.15, 0.2) is 0 Å². The number of amides is 1. The molecule has 1 saturated heterocycles. The minimum atomic E-state index is -0.356. The van der Waals surface area contributed by atoms with Crippen molar-refractivity contribution in [2.24, 2.45) is 5.92 Å². The Bertz CT molecular complexity index is 524. The second-order valence-electron chi connectivity index (χ2n) is 5.87. The van der Waals surface area contributed by atoms with E-state index in [1.54, 1.807) is 6.92 Å². The Hall–Kier alpha value is -1.24. The van der Waals surface area contributed by atoms with Gasteiger partial charge in [-0.25, -0.2) is 0 Å². The zero-order valence-corrected chi connectivity index (χ0v) is 16.2. The molecule has 1 heterocycles. The van der Waals surface area contributed by atoms with Crippen molar-refractivity contribution in [1.29, 1.82) is 0 Å². The van der Waals surface area contributed by atoms with Crippen molar-refractivity contribution in [2.75, 3.05) is 31.2 Å². The number of esters is 1. The van der Waals surface area contributed by atoms with Crippen LogP contribution in [0.25, 0.3) is 0 Å². The van der Waals surface area contributed by atoms with Crippen LogP contribution in [0.1, 0.15) is 18.9 Å². The summed E-state index contributed by atoms with van der Waals surface area (Å²) in [6, 6.07) is 10.0. The van der Waals surface area contributed by atoms with Gasteiger partial charge in [0.1, 0.15) is 0 Å². The van der Waals surface area contributed by atoms with Gasteiger partial charge in [-0.05, 0) is 18.9 Å². The first kappa shape index (κ1) is 21.8. The fourth-order valence-electron chi connectivity index (χ4n) is 2.68. The van der Waals surface area contributed by atoms with Gasteiger partial charge in [-0.2, -0.15) is 11.8 Å². The highest BCUT2D eigenvalue weighted by Gasteiger charge is 2.22. The van der Waals surface area contributed by atoms with E-state index < -0.39 is 0 Å². The van der Waals surface area contributed by atoms with Crippen LogP contribution in [0.5, 0.6) is 0 Å². The highest BCUT2D eigenvalue weighted by molar-refractivity contribution is 7.99. The van der Waals surface area contributed by atoms with Gasteiger partial charge < -0.3 is 15.4 Å². The monoisotopic (exact) mass is 386 g/mol. The van der Waals surface area contributed by atoms with E-state index in [0.29, 0.717) is 26.0 Å². The Balaban J connectivity index is 0.00000312. The highest BCUT2D eigenvalue weighted by Crippen LogP contribution is 2.12. The maximum Gasteiger partial charge on any atom is 0.311 e. The molecule has 0 bridgehead atoms. The molecular formula is C18H27ClN2O3S. The molecule has 1 aliphatic heterocycles. The molecule has 2 atom stereocenters. The van der Waals surface area contributed by atoms with E-state index in [9.17, 15) is 9.59 Å². The van der Waals surface area contributed by atoms with E-state index in [1.165, 1.54) is 0 Å². The van der Waals surface area contributed by atoms with Gasteiger partial charge in [0.25, 0.3) is 0 Å². The van der Waals surface area contributed by atoms with Crippen molar-refractivity contribution in [3.8, 4) is 0 Å². The molecule has 2 unspecified atom stereocenters. The minimum Gasteiger partial charge on any atom is -0.466 e. The maximum absolute atomic E-state index is 12.2. The van der Waals surface area contributed by atoms with Crippen LogP contribution in [0.2, 0.25) is 0 Å². The zero-order chi connectivity index (χ0) is 17.2. The summed E-state index contributed by atoms with van der Waals surface area (Å²) in [6.45, 7) is 3.40. The second kappa shape index (κ2) is 12.2. The first-order valence-electron chi connectivity index (χ1n) is 8.47. The fraction of sp³-hybridized carbons (Fsp3) is 0.556. The van der Waals surface area contributed by atoms with E-state index in [4.69, 9.17) is 4.74 Å². The Morgan fingerprint density at radius 3 is 2.76 bits per heavy atom. The largest absolute Gasteiger partial charge is 0.466 e. The molecule has 2 rings (SSSR count). The zero-order valence-electron chi connectivity index (χ0n) is 14.5. The van der Waals surface area contributed by atoms with Gasteiger partial charge >= 0.3 is 5.97 Å². The number of nitrogens with one attached hydrogen (secondary N) is 2. The first-order valence-corrected chi connectivity index (χ1v) is 9.63. The summed E-state index contributed by atoms with van der Waals surface area (Å²) in [7, 11) is 0. The summed E-state index contributed by atoms with van der Waals surface area (Å²) >= 11 is 1.87. The van der Waals surface area contributed by atoms with Gasteiger partial charge in [0.05, 0.1) is 12.5 Å². The number of rotatable bonds is 8. The van der Waals surface area contributed by atoms with E-state index in [-0.39, 0.29) is 36.2 Å². The van der Waals surface area contributed by atoms with Gasteiger partial charge in [-0.1, -0.05) is 30.3 Å². The van der Waals surface area contributed by atoms with Crippen LogP contribution in [0, 0.1) is 5.92 Å². The molecule has 140 valence electrons. The average molecular weight is 387 g/mol. The predicted molar refractivity (Wildman–Crippen MR) is 104 cm³/mol. The molecule has 1 amide bonds. The van der Waals surface area contributed by atoms with Crippen molar-refractivity contribution in [3.05, 3.63) is 35.9 Å². The molecule has 1 aromatic carbocycles. The quantitative estimate of drug-likeness (QED) is 0.669. The number of benzene rings is 1. The summed E-state index contributed by atoms with van der Waals surface area (Å²) in [5.74, 6) is 1.43. The molecule has 0 spiro atoms. The minimum absolute atomic E-state index is 0. The number of ether oxygens (including phenoxy) is 1. The lowest BCUT2D eigenvalue weighted by atomic mass is 9.99. The van der Waals surface area contributed by atoms with E-state index >= 15 is 0 Å². The molecule has 7 heteroatoms. The molecule has 25 heavy (non-hydrogen) atoms. The molecule has 5 nitrogen and oxygen atoms in total. The summed E-state index contributed by atoms with van der Waals surface area (Å²) in [5.41, 5.74) is 1.06. The normalized spacial score (nSPS) is 17.9. The molecule has 0 aromatic heterocycles. The summed E-state index contributed by atoms with van der Waals surface area (Å²) in [6.07, 6.45) is 1.02. The van der Waals surface area contributed by atoms with Crippen molar-refractivity contribution in [3.63, 3.8) is 0 Å². The SMILES string of the molecule is CCOC(=O)C(CNC(=O)CC1CSCCN1)Cc1ccccc1.Cl. The molecule has 0 radical (unpaired) electrons. The standard InChI is InChI=1S/C18H26N2O3S.ClH/c1-2-23-18(22)15(10-14-6-4-3-5-7-14)12-20-17(21)11-16-13-24-9-8-19-16;/h3-7,15-16,19H,2,8-13H2,1H3,(H,20,21);1H. The van der Waals surface area contributed by atoms with Crippen LogP contribution in [-0.4, -0.2) is 49.1 Å². The van der Waals surface area contributed by atoms with Crippen molar-refractivity contribution >= 4 is 36.0 Å². The van der Waals surface area contributed by atoms with Crippen LogP contribution in [0.4, 0.5) is 0 Å². The summed E-state index contributed by atoms with van der Waals surface area (Å²) in [4.78, 5) is 24.3. The maximum atomic E-state index is 12.2. The molecule has 0 saturated carbocycles. The Morgan fingerprint density at radius 2 is 2.12 bits per heavy atom. The molecule has 0 aliphatic carbocycles. The molecule has 1 fully saturated rings. The number of hydrogen-bond donors (Lipinski definition) is 2. The number of hydrogen-bond acceptors (Lipinski definition) is 5. The second-order valence-corrected chi connectivity index (χ2v) is 7.02. The molecule has 1 aromatic rings. The number of thioether (sulfide) groups is 1. The third-order valence-corrected chi connectivity index (χ3v) is 5.05. The first-order chi connectivity index (χ1) is 11.7. The topological polar surface area (TPSA) is 67.4 Å². The number of carbonyl (C=O) groups is 2. The van der Waals surface area contributed by atoms with Crippen LogP contribution >= 0.6 is 24.2 Å². The predicted octanol–water partition coefficient (Wildman–Crippen LogP) is 2.04. The van der Waals surface area contributed by atoms with Gasteiger partial charge in [0.2, 0.25) is 5.91 Å². The van der Waals surface area contributed by atoms with Crippen LogP contribution in [0.15, 0.2) is 30.3 Å². The highest BCUT2D eigenvalue weighted by atomic mass is 35.5. The van der Waals surface area contributed by atoms with E-state index in [1.807, 2.05) is 42.1 Å². The Labute approximate surface area is 160 Å². The summed E-state index contributed by atoms with van der Waals surface area (Å²) in [5, 5.41) is 6.25. The van der Waals surface area contributed by atoms with Gasteiger partial charge in [-0.3, -0.25) is 9.59 Å². The third-order valence-electron chi connectivity index (χ3n) is 3.92. The van der Waals surface area contributed by atoms with Crippen molar-refractivity contribution in [2.45, 2.75) is 25.8 Å². The Kier molecular flexibility index (Phi) is 10.6. The van der Waals surface area contributed by atoms with Crippen molar-refractivity contribution < 1.29 is 14.3 Å². The van der Waals surface area contributed by atoms with Crippen LogP contribution in [0.3, 0.4) is 0 Å². The Morgan fingerprint density at radius 1 is 1.36 bits per heavy atom. The number of carbonyl (C=O) groups excluding carboxylic acids is 2. The lowest BCUT2D eigenvalue weighted by Crippen LogP contribution is -2.42. The van der Waals surface area contributed by atoms with Gasteiger partial charge in [0, 0.05) is 37.1 Å². The van der Waals surface area contributed by atoms with E-state index in [2.05, 4.69) is 10.6 Å². The van der Waals surface area contributed by atoms with Crippen LogP contribution < -0.4 is 10.6 Å². The van der Waals surface area contributed by atoms with Crippen molar-refractivity contribution in [1.82, 2.24) is 10.6 Å². The molecular weight excluding hydrogens is 360 g/mol. The lowest BCUT2D eigenvalue weighted by molar-refractivity contribution is -0.147. The smallest absolute Gasteiger partial charge is 0.311 e. The third kappa shape index (κ3) is 8.12. The molecule has 2 N–H and O–H groups in total. The van der Waals surface area contributed by atoms with Gasteiger partial charge in [-0.15, -0.1) is 12.4 Å². The number of halogens is 1.